The zero-order valence-corrected chi connectivity index (χ0v) is 17.5. The SMILES string of the molecule is C=C(c1ccc(OC)c(SNC)c1)N1C(=NCC)SC(ONCC)N1C. The highest BCUT2D eigenvalue weighted by Gasteiger charge is 2.37. The molecule has 144 valence electrons. The van der Waals surface area contributed by atoms with Gasteiger partial charge in [-0.05, 0) is 55.9 Å². The summed E-state index contributed by atoms with van der Waals surface area (Å²) >= 11 is 3.06. The van der Waals surface area contributed by atoms with Crippen molar-refractivity contribution in [3.8, 4) is 5.75 Å². The molecule has 1 aromatic carbocycles. The van der Waals surface area contributed by atoms with Crippen molar-refractivity contribution in [1.29, 1.82) is 0 Å². The maximum Gasteiger partial charge on any atom is 0.202 e. The third-order valence-electron chi connectivity index (χ3n) is 3.59. The van der Waals surface area contributed by atoms with Gasteiger partial charge in [0.1, 0.15) is 5.75 Å². The molecule has 0 spiro atoms. The number of thioether (sulfide) groups is 1. The number of amidine groups is 1. The van der Waals surface area contributed by atoms with Crippen molar-refractivity contribution in [2.75, 3.05) is 34.3 Å². The summed E-state index contributed by atoms with van der Waals surface area (Å²) in [6.45, 7) is 9.74. The van der Waals surface area contributed by atoms with Crippen molar-refractivity contribution < 1.29 is 9.57 Å². The van der Waals surface area contributed by atoms with Crippen LogP contribution in [0, 0.1) is 0 Å². The molecule has 0 aliphatic carbocycles. The van der Waals surface area contributed by atoms with E-state index in [0.717, 1.165) is 33.6 Å². The van der Waals surface area contributed by atoms with E-state index in [2.05, 4.69) is 27.8 Å². The van der Waals surface area contributed by atoms with Crippen LogP contribution in [0.25, 0.3) is 5.70 Å². The van der Waals surface area contributed by atoms with Gasteiger partial charge in [0.05, 0.1) is 17.7 Å². The highest BCUT2D eigenvalue weighted by molar-refractivity contribution is 8.14. The molecule has 1 aromatic rings. The minimum atomic E-state index is -0.207. The van der Waals surface area contributed by atoms with Crippen LogP contribution in [0.2, 0.25) is 0 Å². The largest absolute Gasteiger partial charge is 0.496 e. The van der Waals surface area contributed by atoms with Gasteiger partial charge in [-0.3, -0.25) is 14.6 Å². The Bertz CT molecular complexity index is 656. The van der Waals surface area contributed by atoms with Crippen LogP contribution in [-0.2, 0) is 4.84 Å². The lowest BCUT2D eigenvalue weighted by atomic mass is 10.1. The fraction of sp³-hybridized carbons (Fsp3) is 0.471. The van der Waals surface area contributed by atoms with Gasteiger partial charge in [-0.15, -0.1) is 0 Å². The first-order chi connectivity index (χ1) is 12.6. The number of aliphatic imine (C=N–C) groups is 1. The van der Waals surface area contributed by atoms with Crippen LogP contribution in [0.1, 0.15) is 19.4 Å². The van der Waals surface area contributed by atoms with Crippen LogP contribution in [-0.4, -0.2) is 55.0 Å². The van der Waals surface area contributed by atoms with Gasteiger partial charge in [-0.1, -0.05) is 13.5 Å². The fourth-order valence-corrected chi connectivity index (χ4v) is 4.16. The lowest BCUT2D eigenvalue weighted by Gasteiger charge is -2.29. The lowest BCUT2D eigenvalue weighted by molar-refractivity contribution is -0.0831. The molecule has 1 fully saturated rings. The summed E-state index contributed by atoms with van der Waals surface area (Å²) in [4.78, 5) is 11.3. The maximum atomic E-state index is 5.70. The number of hydrazine groups is 1. The molecule has 0 radical (unpaired) electrons. The van der Waals surface area contributed by atoms with Crippen LogP contribution < -0.4 is 14.9 Å². The molecule has 1 aliphatic heterocycles. The number of nitrogens with one attached hydrogen (secondary N) is 2. The number of nitrogens with zero attached hydrogens (tertiary/aromatic N) is 3. The highest BCUT2D eigenvalue weighted by atomic mass is 32.2. The van der Waals surface area contributed by atoms with E-state index in [0.29, 0.717) is 6.54 Å². The topological polar surface area (TPSA) is 61.4 Å². The molecule has 0 amide bonds. The summed E-state index contributed by atoms with van der Waals surface area (Å²) in [5, 5.41) is 4.84. The van der Waals surface area contributed by atoms with E-state index in [1.807, 2.05) is 50.1 Å². The van der Waals surface area contributed by atoms with Crippen molar-refractivity contribution in [2.24, 2.45) is 4.99 Å². The summed E-state index contributed by atoms with van der Waals surface area (Å²) in [7, 11) is 5.51. The number of hydrogen-bond donors (Lipinski definition) is 2. The first-order valence-electron chi connectivity index (χ1n) is 8.40. The summed E-state index contributed by atoms with van der Waals surface area (Å²) in [5.41, 5.74) is 4.53. The Morgan fingerprint density at radius 3 is 2.81 bits per heavy atom. The molecule has 1 atom stereocenters. The van der Waals surface area contributed by atoms with Gasteiger partial charge in [0, 0.05) is 25.7 Å². The van der Waals surface area contributed by atoms with Gasteiger partial charge in [-0.2, -0.15) is 10.5 Å². The molecular formula is C17H27N5O2S2. The quantitative estimate of drug-likeness (QED) is 0.487. The zero-order chi connectivity index (χ0) is 19.1. The molecule has 1 saturated heterocycles. The fourth-order valence-electron chi connectivity index (χ4n) is 2.41. The van der Waals surface area contributed by atoms with E-state index in [1.54, 1.807) is 18.9 Å². The van der Waals surface area contributed by atoms with Gasteiger partial charge >= 0.3 is 0 Å². The second kappa shape index (κ2) is 10.2. The monoisotopic (exact) mass is 397 g/mol. The van der Waals surface area contributed by atoms with Crippen molar-refractivity contribution in [2.45, 2.75) is 24.3 Å². The number of hydrogen-bond acceptors (Lipinski definition) is 8. The highest BCUT2D eigenvalue weighted by Crippen LogP contribution is 2.37. The molecule has 7 nitrogen and oxygen atoms in total. The molecule has 9 heteroatoms. The Morgan fingerprint density at radius 2 is 2.19 bits per heavy atom. The normalized spacial score (nSPS) is 19.3. The van der Waals surface area contributed by atoms with Gasteiger partial charge in [-0.25, -0.2) is 5.01 Å². The molecule has 2 rings (SSSR count). The minimum Gasteiger partial charge on any atom is -0.496 e. The summed E-state index contributed by atoms with van der Waals surface area (Å²) in [6, 6.07) is 6.01. The smallest absolute Gasteiger partial charge is 0.202 e. The van der Waals surface area contributed by atoms with Crippen molar-refractivity contribution in [3.63, 3.8) is 0 Å². The summed E-state index contributed by atoms with van der Waals surface area (Å²) in [5.74, 6) is 0.820. The van der Waals surface area contributed by atoms with E-state index in [1.165, 1.54) is 11.9 Å². The van der Waals surface area contributed by atoms with E-state index >= 15 is 0 Å². The van der Waals surface area contributed by atoms with Gasteiger partial charge < -0.3 is 4.74 Å². The summed E-state index contributed by atoms with van der Waals surface area (Å²) < 4.78 is 8.52. The van der Waals surface area contributed by atoms with E-state index in [9.17, 15) is 0 Å². The van der Waals surface area contributed by atoms with Crippen LogP contribution >= 0.6 is 23.7 Å². The van der Waals surface area contributed by atoms with Crippen LogP contribution in [0.5, 0.6) is 5.75 Å². The Labute approximate surface area is 164 Å². The Kier molecular flexibility index (Phi) is 8.26. The van der Waals surface area contributed by atoms with Gasteiger partial charge in [0.25, 0.3) is 0 Å². The minimum absolute atomic E-state index is 0.207. The van der Waals surface area contributed by atoms with E-state index in [-0.39, 0.29) is 5.56 Å². The number of ether oxygens (including phenoxy) is 1. The van der Waals surface area contributed by atoms with Crippen LogP contribution in [0.15, 0.2) is 34.7 Å². The average Bonchev–Trinajstić information content (AvgIpc) is 2.95. The third-order valence-corrected chi connectivity index (χ3v) is 5.45. The molecule has 1 aliphatic rings. The second-order valence-corrected chi connectivity index (χ2v) is 7.36. The lowest BCUT2D eigenvalue weighted by Crippen LogP contribution is -2.40. The number of rotatable bonds is 9. The van der Waals surface area contributed by atoms with E-state index < -0.39 is 0 Å². The molecule has 26 heavy (non-hydrogen) atoms. The summed E-state index contributed by atoms with van der Waals surface area (Å²) in [6.07, 6.45) is 0. The van der Waals surface area contributed by atoms with Gasteiger partial charge in [0.15, 0.2) is 5.17 Å². The predicted octanol–water partition coefficient (Wildman–Crippen LogP) is 2.99. The molecule has 2 N–H and O–H groups in total. The number of benzene rings is 1. The number of hydroxylamine groups is 1. The average molecular weight is 398 g/mol. The zero-order valence-electron chi connectivity index (χ0n) is 15.9. The van der Waals surface area contributed by atoms with Crippen molar-refractivity contribution in [1.82, 2.24) is 20.2 Å². The Morgan fingerprint density at radius 1 is 1.42 bits per heavy atom. The van der Waals surface area contributed by atoms with E-state index in [4.69, 9.17) is 9.57 Å². The van der Waals surface area contributed by atoms with Crippen LogP contribution in [0.4, 0.5) is 0 Å². The number of methoxy groups -OCH3 is 1. The Balaban J connectivity index is 2.30. The molecule has 1 heterocycles. The van der Waals surface area contributed by atoms with Crippen molar-refractivity contribution >= 4 is 34.6 Å². The molecule has 0 saturated carbocycles. The molecule has 0 aromatic heterocycles. The van der Waals surface area contributed by atoms with Crippen LogP contribution in [0.3, 0.4) is 0 Å². The maximum absolute atomic E-state index is 5.70. The standard InChI is InChI=1S/C17H27N5O2S2/c1-7-19-16-22(21(5)17(25-16)24-20-8-2)12(3)13-9-10-14(23-6)15(11-13)26-18-4/h9-11,17-18,20H,3,7-8H2,1-2,4-6H3. The predicted molar refractivity (Wildman–Crippen MR) is 111 cm³/mol. The first-order valence-corrected chi connectivity index (χ1v) is 10.1. The van der Waals surface area contributed by atoms with Gasteiger partial charge in [0.2, 0.25) is 5.56 Å². The molecule has 0 bridgehead atoms. The second-order valence-electron chi connectivity index (χ2n) is 5.30. The molecule has 1 unspecified atom stereocenters. The molecular weight excluding hydrogens is 370 g/mol. The first kappa shape index (κ1) is 21.1. The third kappa shape index (κ3) is 4.73. The Hall–Kier alpha value is -1.23. The van der Waals surface area contributed by atoms with Crippen molar-refractivity contribution in [3.05, 3.63) is 30.3 Å².